The molecule has 0 fully saturated rings. The van der Waals surface area contributed by atoms with E-state index in [1.165, 1.54) is 0 Å². The van der Waals surface area contributed by atoms with E-state index < -0.39 is 5.97 Å². The number of hydrogen-bond acceptors (Lipinski definition) is 2. The Morgan fingerprint density at radius 3 is 2.46 bits per heavy atom. The third-order valence-corrected chi connectivity index (χ3v) is 1.55. The van der Waals surface area contributed by atoms with Gasteiger partial charge >= 0.3 is 5.97 Å². The first kappa shape index (κ1) is 9.38. The fourth-order valence-electron chi connectivity index (χ4n) is 0.889. The Labute approximate surface area is 77.5 Å². The Kier molecular flexibility index (Phi) is 3.14. The number of hydrogen-bond donors (Lipinski definition) is 2. The summed E-state index contributed by atoms with van der Waals surface area (Å²) in [6, 6.07) is 6.58. The van der Waals surface area contributed by atoms with E-state index in [1.807, 2.05) is 13.8 Å². The summed E-state index contributed by atoms with van der Waals surface area (Å²) in [7, 11) is 1.90. The van der Waals surface area contributed by atoms with E-state index in [2.05, 4.69) is 5.32 Å². The van der Waals surface area contributed by atoms with Crippen LogP contribution in [0.4, 0.5) is 5.69 Å². The Hall–Kier alpha value is -1.71. The first-order chi connectivity index (χ1) is 6.24. The largest absolute Gasteiger partial charge is 0.478 e. The van der Waals surface area contributed by atoms with Gasteiger partial charge < -0.3 is 10.4 Å². The molecule has 0 spiro atoms. The minimum absolute atomic E-state index is 0.297. The molecule has 0 bridgehead atoms. The van der Waals surface area contributed by atoms with Crippen LogP contribution in [-0.2, 0) is 0 Å². The molecule has 0 aliphatic rings. The molecule has 13 heavy (non-hydrogen) atoms. The second-order valence-corrected chi connectivity index (χ2v) is 2.53. The maximum atomic E-state index is 10.5. The number of rotatable bonds is 3. The zero-order valence-corrected chi connectivity index (χ0v) is 7.32. The van der Waals surface area contributed by atoms with Gasteiger partial charge in [-0.25, -0.2) is 4.79 Å². The highest BCUT2D eigenvalue weighted by molar-refractivity contribution is 6.17. The van der Waals surface area contributed by atoms with Gasteiger partial charge in [-0.3, -0.25) is 0 Å². The molecular formula is C9H10BNO2. The van der Waals surface area contributed by atoms with E-state index in [0.29, 0.717) is 5.56 Å². The maximum Gasteiger partial charge on any atom is 0.335 e. The molecule has 1 rings (SSSR count). The molecular weight excluding hydrogens is 165 g/mol. The highest BCUT2D eigenvalue weighted by Gasteiger charge is 1.99. The number of nitrogens with one attached hydrogen (secondary N) is 1. The van der Waals surface area contributed by atoms with E-state index in [4.69, 9.17) is 5.11 Å². The Bertz CT molecular complexity index is 319. The van der Waals surface area contributed by atoms with E-state index in [9.17, 15) is 4.79 Å². The summed E-state index contributed by atoms with van der Waals surface area (Å²) in [5, 5.41) is 11.6. The van der Waals surface area contributed by atoms with Crippen molar-refractivity contribution >= 4 is 19.5 Å². The molecule has 0 saturated heterocycles. The summed E-state index contributed by atoms with van der Waals surface area (Å²) in [5.74, 6) is 0.961. The zero-order chi connectivity index (χ0) is 9.68. The van der Waals surface area contributed by atoms with Crippen molar-refractivity contribution in [1.82, 2.24) is 0 Å². The molecule has 0 aromatic heterocycles. The summed E-state index contributed by atoms with van der Waals surface area (Å²) in [6.45, 7) is 0. The van der Waals surface area contributed by atoms with E-state index >= 15 is 0 Å². The molecule has 1 aromatic carbocycles. The summed E-state index contributed by atoms with van der Waals surface area (Å²) in [5.41, 5.74) is 1.18. The molecule has 0 aliphatic carbocycles. The minimum Gasteiger partial charge on any atom is -0.478 e. The van der Waals surface area contributed by atoms with E-state index in [1.54, 1.807) is 30.5 Å². The van der Waals surface area contributed by atoms with Crippen LogP contribution in [0.25, 0.3) is 0 Å². The normalized spacial score (nSPS) is 10.2. The average Bonchev–Trinajstić information content (AvgIpc) is 2.15. The van der Waals surface area contributed by atoms with Gasteiger partial charge in [0, 0.05) is 5.69 Å². The lowest BCUT2D eigenvalue weighted by atomic mass is 10.1. The van der Waals surface area contributed by atoms with Crippen LogP contribution in [0.15, 0.2) is 36.4 Å². The van der Waals surface area contributed by atoms with Gasteiger partial charge in [0.1, 0.15) is 7.85 Å². The van der Waals surface area contributed by atoms with Gasteiger partial charge in [-0.15, -0.1) is 5.98 Å². The second-order valence-electron chi connectivity index (χ2n) is 2.53. The van der Waals surface area contributed by atoms with Crippen LogP contribution in [0.3, 0.4) is 0 Å². The van der Waals surface area contributed by atoms with Crippen LogP contribution in [0, 0.1) is 0 Å². The first-order valence-electron chi connectivity index (χ1n) is 3.95. The molecule has 0 aliphatic heterocycles. The lowest BCUT2D eigenvalue weighted by molar-refractivity contribution is 0.0697. The molecule has 0 unspecified atom stereocenters. The molecule has 4 heteroatoms. The monoisotopic (exact) mass is 175 g/mol. The van der Waals surface area contributed by atoms with Crippen LogP contribution >= 0.6 is 0 Å². The molecule has 0 heterocycles. The molecule has 66 valence electrons. The highest BCUT2D eigenvalue weighted by Crippen LogP contribution is 2.08. The van der Waals surface area contributed by atoms with Crippen LogP contribution < -0.4 is 5.32 Å². The van der Waals surface area contributed by atoms with Gasteiger partial charge in [0.05, 0.1) is 5.56 Å². The Balaban J connectivity index is 2.75. The molecule has 1 aromatic rings. The number of aromatic carboxylic acids is 1. The summed E-state index contributed by atoms with van der Waals surface area (Å²) >= 11 is 0. The quantitative estimate of drug-likeness (QED) is 0.671. The lowest BCUT2D eigenvalue weighted by Gasteiger charge is -2.00. The molecule has 0 amide bonds. The Morgan fingerprint density at radius 2 is 2.00 bits per heavy atom. The van der Waals surface area contributed by atoms with E-state index in [0.717, 1.165) is 5.69 Å². The van der Waals surface area contributed by atoms with Gasteiger partial charge in [-0.2, -0.15) is 0 Å². The molecule has 2 N–H and O–H groups in total. The van der Waals surface area contributed by atoms with E-state index in [-0.39, 0.29) is 0 Å². The molecule has 0 radical (unpaired) electrons. The molecule has 0 saturated carbocycles. The molecule has 0 atom stereocenters. The lowest BCUT2D eigenvalue weighted by Crippen LogP contribution is -1.95. The van der Waals surface area contributed by atoms with Crippen LogP contribution in [-0.4, -0.2) is 18.9 Å². The third-order valence-electron chi connectivity index (χ3n) is 1.55. The minimum atomic E-state index is -0.905. The summed E-state index contributed by atoms with van der Waals surface area (Å²) < 4.78 is 0. The van der Waals surface area contributed by atoms with Gasteiger partial charge in [-0.05, 0) is 30.5 Å². The van der Waals surface area contributed by atoms with Crippen molar-refractivity contribution in [2.75, 3.05) is 5.32 Å². The number of benzene rings is 1. The number of carboxylic acids is 1. The van der Waals surface area contributed by atoms with Crippen molar-refractivity contribution in [3.8, 4) is 0 Å². The van der Waals surface area contributed by atoms with Crippen molar-refractivity contribution in [3.63, 3.8) is 0 Å². The van der Waals surface area contributed by atoms with Gasteiger partial charge in [-0.1, -0.05) is 0 Å². The Morgan fingerprint density at radius 1 is 1.38 bits per heavy atom. The zero-order valence-electron chi connectivity index (χ0n) is 7.32. The van der Waals surface area contributed by atoms with Crippen LogP contribution in [0.5, 0.6) is 0 Å². The highest BCUT2D eigenvalue weighted by atomic mass is 16.4. The SMILES string of the molecule is B/C=C\Nc1ccc(C(=O)O)cc1. The maximum absolute atomic E-state index is 10.5. The van der Waals surface area contributed by atoms with Gasteiger partial charge in [0.25, 0.3) is 0 Å². The smallest absolute Gasteiger partial charge is 0.335 e. The van der Waals surface area contributed by atoms with Crippen LogP contribution in [0.2, 0.25) is 0 Å². The average molecular weight is 175 g/mol. The molecule has 3 nitrogen and oxygen atoms in total. The second kappa shape index (κ2) is 4.35. The first-order valence-corrected chi connectivity index (χ1v) is 3.95. The van der Waals surface area contributed by atoms with Crippen molar-refractivity contribution < 1.29 is 9.90 Å². The summed E-state index contributed by atoms with van der Waals surface area (Å²) in [4.78, 5) is 10.5. The number of carbonyl (C=O) groups is 1. The standard InChI is InChI=1S/C9H10BNO2/c10-5-6-11-8-3-1-7(2-4-8)9(12)13/h1-6,11H,10H2,(H,12,13)/b6-5-. The summed E-state index contributed by atoms with van der Waals surface area (Å²) in [6.07, 6.45) is 1.79. The van der Waals surface area contributed by atoms with Crippen molar-refractivity contribution in [2.45, 2.75) is 0 Å². The van der Waals surface area contributed by atoms with Crippen LogP contribution in [0.1, 0.15) is 10.4 Å². The number of carboxylic acid groups (broad SMARTS) is 1. The fraction of sp³-hybridized carbons (Fsp3) is 0. The van der Waals surface area contributed by atoms with Gasteiger partial charge in [0.15, 0.2) is 0 Å². The van der Waals surface area contributed by atoms with Crippen molar-refractivity contribution in [2.24, 2.45) is 0 Å². The van der Waals surface area contributed by atoms with Crippen molar-refractivity contribution in [1.29, 1.82) is 0 Å². The van der Waals surface area contributed by atoms with Crippen molar-refractivity contribution in [3.05, 3.63) is 42.0 Å². The predicted octanol–water partition coefficient (Wildman–Crippen LogP) is 0.901. The predicted molar refractivity (Wildman–Crippen MR) is 54.7 cm³/mol. The topological polar surface area (TPSA) is 49.3 Å². The van der Waals surface area contributed by atoms with Gasteiger partial charge in [0.2, 0.25) is 0 Å². The number of anilines is 1. The fourth-order valence-corrected chi connectivity index (χ4v) is 0.889. The third kappa shape index (κ3) is 2.67.